The molecule has 0 spiro atoms. The summed E-state index contributed by atoms with van der Waals surface area (Å²) in [6.07, 6.45) is 1.55. The van der Waals surface area contributed by atoms with E-state index >= 15 is 0 Å². The van der Waals surface area contributed by atoms with Crippen molar-refractivity contribution < 1.29 is 39.3 Å². The van der Waals surface area contributed by atoms with Gasteiger partial charge in [0.2, 0.25) is 17.7 Å². The van der Waals surface area contributed by atoms with Gasteiger partial charge in [0.1, 0.15) is 18.1 Å². The van der Waals surface area contributed by atoms with Crippen LogP contribution >= 0.6 is 11.8 Å². The van der Waals surface area contributed by atoms with E-state index in [4.69, 9.17) is 21.1 Å². The van der Waals surface area contributed by atoms with E-state index in [1.54, 1.807) is 13.8 Å². The summed E-state index contributed by atoms with van der Waals surface area (Å²) >= 11 is 1.49. The van der Waals surface area contributed by atoms with Gasteiger partial charge in [0.05, 0.1) is 12.6 Å². The Kier molecular flexibility index (Phi) is 13.5. The van der Waals surface area contributed by atoms with Crippen LogP contribution in [-0.4, -0.2) is 87.8 Å². The molecule has 0 aromatic carbocycles. The quantitative estimate of drug-likeness (QED) is 0.143. The molecule has 3 amide bonds. The van der Waals surface area contributed by atoms with Gasteiger partial charge in [0.15, 0.2) is 0 Å². The van der Waals surface area contributed by atoms with Gasteiger partial charge >= 0.3 is 11.9 Å². The van der Waals surface area contributed by atoms with Crippen LogP contribution < -0.4 is 21.7 Å². The van der Waals surface area contributed by atoms with Crippen molar-refractivity contribution in [3.8, 4) is 0 Å². The van der Waals surface area contributed by atoms with E-state index in [1.165, 1.54) is 11.8 Å². The molecular formula is C18H32N4O8S. The highest BCUT2D eigenvalue weighted by Crippen LogP contribution is 2.07. The summed E-state index contributed by atoms with van der Waals surface area (Å²) in [6.45, 7) is 2.36. The second-order valence-electron chi connectivity index (χ2n) is 7.19. The molecule has 0 rings (SSSR count). The van der Waals surface area contributed by atoms with Gasteiger partial charge in [0, 0.05) is 6.42 Å². The zero-order valence-corrected chi connectivity index (χ0v) is 18.6. The SMILES string of the molecule is CSCCC(N)C(=O)NC(CCC(=O)O)C(=O)NC(C(=O)NC(CO)C(=O)O)C(C)C. The predicted molar refractivity (Wildman–Crippen MR) is 113 cm³/mol. The van der Waals surface area contributed by atoms with E-state index in [-0.39, 0.29) is 6.42 Å². The number of nitrogens with one attached hydrogen (secondary N) is 3. The van der Waals surface area contributed by atoms with E-state index < -0.39 is 72.8 Å². The molecule has 178 valence electrons. The van der Waals surface area contributed by atoms with Crippen molar-refractivity contribution in [2.24, 2.45) is 11.7 Å². The van der Waals surface area contributed by atoms with Crippen LogP contribution in [0.3, 0.4) is 0 Å². The molecule has 0 saturated heterocycles. The monoisotopic (exact) mass is 464 g/mol. The molecular weight excluding hydrogens is 432 g/mol. The number of carboxylic acid groups (broad SMARTS) is 2. The first-order valence-electron chi connectivity index (χ1n) is 9.65. The van der Waals surface area contributed by atoms with Crippen molar-refractivity contribution in [3.05, 3.63) is 0 Å². The minimum atomic E-state index is -1.55. The number of hydrogen-bond donors (Lipinski definition) is 7. The topological polar surface area (TPSA) is 208 Å². The molecule has 0 aromatic heterocycles. The molecule has 12 nitrogen and oxygen atoms in total. The lowest BCUT2D eigenvalue weighted by Crippen LogP contribution is -2.58. The second kappa shape index (κ2) is 14.6. The van der Waals surface area contributed by atoms with Gasteiger partial charge in [-0.05, 0) is 30.8 Å². The maximum Gasteiger partial charge on any atom is 0.328 e. The van der Waals surface area contributed by atoms with Crippen molar-refractivity contribution in [1.82, 2.24) is 16.0 Å². The molecule has 4 atom stereocenters. The zero-order valence-electron chi connectivity index (χ0n) is 17.8. The minimum absolute atomic E-state index is 0.233. The fourth-order valence-corrected chi connectivity index (χ4v) is 2.92. The Hall–Kier alpha value is -2.38. The van der Waals surface area contributed by atoms with E-state index in [0.29, 0.717) is 12.2 Å². The number of amides is 3. The first kappa shape index (κ1) is 28.6. The molecule has 0 saturated carbocycles. The van der Waals surface area contributed by atoms with Crippen molar-refractivity contribution in [2.75, 3.05) is 18.6 Å². The number of aliphatic carboxylic acids is 2. The summed E-state index contributed by atoms with van der Waals surface area (Å²) in [5, 5.41) is 33.9. The van der Waals surface area contributed by atoms with Gasteiger partial charge in [0.25, 0.3) is 0 Å². The Morgan fingerprint density at radius 3 is 1.94 bits per heavy atom. The van der Waals surface area contributed by atoms with Crippen LogP contribution in [0.4, 0.5) is 0 Å². The van der Waals surface area contributed by atoms with E-state index in [0.717, 1.165) is 0 Å². The maximum absolute atomic E-state index is 12.7. The fourth-order valence-electron chi connectivity index (χ4n) is 2.43. The van der Waals surface area contributed by atoms with Crippen LogP contribution in [0.1, 0.15) is 33.1 Å². The van der Waals surface area contributed by atoms with Gasteiger partial charge < -0.3 is 37.0 Å². The Balaban J connectivity index is 5.35. The molecule has 4 unspecified atom stereocenters. The second-order valence-corrected chi connectivity index (χ2v) is 8.18. The summed E-state index contributed by atoms with van der Waals surface area (Å²) in [5.74, 6) is -4.76. The fraction of sp³-hybridized carbons (Fsp3) is 0.722. The lowest BCUT2D eigenvalue weighted by Gasteiger charge is -2.26. The number of thioether (sulfide) groups is 1. The molecule has 0 aliphatic heterocycles. The number of aliphatic hydroxyl groups excluding tert-OH is 1. The van der Waals surface area contributed by atoms with Crippen molar-refractivity contribution in [1.29, 1.82) is 0 Å². The Bertz CT molecular complexity index is 646. The third kappa shape index (κ3) is 11.0. The van der Waals surface area contributed by atoms with Crippen LogP contribution in [0, 0.1) is 5.92 Å². The molecule has 0 radical (unpaired) electrons. The van der Waals surface area contributed by atoms with Gasteiger partial charge in [-0.25, -0.2) is 4.79 Å². The van der Waals surface area contributed by atoms with Crippen LogP contribution in [0.25, 0.3) is 0 Å². The van der Waals surface area contributed by atoms with Gasteiger partial charge in [-0.3, -0.25) is 19.2 Å². The number of hydrogen-bond acceptors (Lipinski definition) is 8. The first-order chi connectivity index (χ1) is 14.4. The third-order valence-corrected chi connectivity index (χ3v) is 4.94. The summed E-state index contributed by atoms with van der Waals surface area (Å²) in [5.41, 5.74) is 5.79. The van der Waals surface area contributed by atoms with Crippen molar-refractivity contribution >= 4 is 41.4 Å². The number of rotatable bonds is 15. The highest BCUT2D eigenvalue weighted by molar-refractivity contribution is 7.98. The first-order valence-corrected chi connectivity index (χ1v) is 11.0. The number of aliphatic hydroxyl groups is 1. The number of nitrogens with two attached hydrogens (primary N) is 1. The smallest absolute Gasteiger partial charge is 0.328 e. The zero-order chi connectivity index (χ0) is 24.1. The Morgan fingerprint density at radius 2 is 1.48 bits per heavy atom. The van der Waals surface area contributed by atoms with E-state index in [9.17, 15) is 24.0 Å². The van der Waals surface area contributed by atoms with Gasteiger partial charge in [-0.1, -0.05) is 13.8 Å². The molecule has 0 bridgehead atoms. The molecule has 0 fully saturated rings. The average Bonchev–Trinajstić information content (AvgIpc) is 2.69. The number of carboxylic acids is 2. The molecule has 0 heterocycles. The molecule has 0 aromatic rings. The largest absolute Gasteiger partial charge is 0.481 e. The normalized spacial score (nSPS) is 14.8. The summed E-state index contributed by atoms with van der Waals surface area (Å²) in [6, 6.07) is -4.89. The van der Waals surface area contributed by atoms with Gasteiger partial charge in [-0.2, -0.15) is 11.8 Å². The van der Waals surface area contributed by atoms with Crippen molar-refractivity contribution in [2.45, 2.75) is 57.3 Å². The van der Waals surface area contributed by atoms with Crippen LogP contribution in [0.5, 0.6) is 0 Å². The number of carbonyl (C=O) groups is 5. The standard InChI is InChI=1S/C18H32N4O8S/c1-9(2)14(17(28)21-12(8-23)18(29)30)22-16(27)11(4-5-13(24)25)20-15(26)10(19)6-7-31-3/h9-12,14,23H,4-8,19H2,1-3H3,(H,20,26)(H,21,28)(H,22,27)(H,24,25)(H,29,30). The summed E-state index contributed by atoms with van der Waals surface area (Å²) < 4.78 is 0. The summed E-state index contributed by atoms with van der Waals surface area (Å²) in [7, 11) is 0. The van der Waals surface area contributed by atoms with E-state index in [2.05, 4.69) is 16.0 Å². The average molecular weight is 465 g/mol. The van der Waals surface area contributed by atoms with E-state index in [1.807, 2.05) is 6.26 Å². The molecule has 8 N–H and O–H groups in total. The predicted octanol–water partition coefficient (Wildman–Crippen LogP) is -1.88. The molecule has 0 aliphatic carbocycles. The highest BCUT2D eigenvalue weighted by atomic mass is 32.2. The van der Waals surface area contributed by atoms with Crippen molar-refractivity contribution in [3.63, 3.8) is 0 Å². The molecule has 0 aliphatic rings. The van der Waals surface area contributed by atoms with Crippen LogP contribution in [-0.2, 0) is 24.0 Å². The van der Waals surface area contributed by atoms with Crippen LogP contribution in [0.2, 0.25) is 0 Å². The lowest BCUT2D eigenvalue weighted by molar-refractivity contribution is -0.143. The Morgan fingerprint density at radius 1 is 0.903 bits per heavy atom. The summed E-state index contributed by atoms with van der Waals surface area (Å²) in [4.78, 5) is 59.4. The lowest BCUT2D eigenvalue weighted by atomic mass is 10.0. The number of carbonyl (C=O) groups excluding carboxylic acids is 3. The maximum atomic E-state index is 12.7. The van der Waals surface area contributed by atoms with Crippen LogP contribution in [0.15, 0.2) is 0 Å². The van der Waals surface area contributed by atoms with Gasteiger partial charge in [-0.15, -0.1) is 0 Å². The molecule has 13 heteroatoms. The third-order valence-electron chi connectivity index (χ3n) is 4.29. The Labute approximate surface area is 184 Å². The molecule has 31 heavy (non-hydrogen) atoms. The minimum Gasteiger partial charge on any atom is -0.481 e. The highest BCUT2D eigenvalue weighted by Gasteiger charge is 2.31.